The number of benzene rings is 2. The average Bonchev–Trinajstić information content (AvgIpc) is 3.15. The van der Waals surface area contributed by atoms with Gasteiger partial charge in [-0.15, -0.1) is 10.2 Å². The van der Waals surface area contributed by atoms with E-state index in [-0.39, 0.29) is 24.0 Å². The van der Waals surface area contributed by atoms with Gasteiger partial charge in [0, 0.05) is 17.3 Å². The lowest BCUT2D eigenvalue weighted by molar-refractivity contribution is -0.116. The Hall–Kier alpha value is -3.04. The number of hydrogen-bond donors (Lipinski definition) is 2. The van der Waals surface area contributed by atoms with Crippen molar-refractivity contribution in [2.24, 2.45) is 0 Å². The number of ether oxygens (including phenoxy) is 1. The Kier molecular flexibility index (Phi) is 8.13. The number of carbonyl (C=O) groups is 2. The molecule has 0 radical (unpaired) electrons. The van der Waals surface area contributed by atoms with Gasteiger partial charge in [-0.25, -0.2) is 0 Å². The third-order valence-corrected chi connectivity index (χ3v) is 5.73. The highest BCUT2D eigenvalue weighted by Gasteiger charge is 2.17. The summed E-state index contributed by atoms with van der Waals surface area (Å²) < 4.78 is 7.07. The van der Waals surface area contributed by atoms with Gasteiger partial charge in [0.05, 0.1) is 25.0 Å². The summed E-state index contributed by atoms with van der Waals surface area (Å²) in [6.07, 6.45) is 0.0845. The van der Waals surface area contributed by atoms with Crippen molar-refractivity contribution in [1.29, 1.82) is 0 Å². The zero-order chi connectivity index (χ0) is 23.1. The third kappa shape index (κ3) is 6.24. The summed E-state index contributed by atoms with van der Waals surface area (Å²) in [7, 11) is 1.52. The molecule has 168 valence electrons. The number of methoxy groups -OCH3 is 1. The molecule has 0 unspecified atom stereocenters. The molecule has 0 aliphatic carbocycles. The van der Waals surface area contributed by atoms with Gasteiger partial charge < -0.3 is 19.9 Å². The van der Waals surface area contributed by atoms with Crippen LogP contribution in [0.25, 0.3) is 0 Å². The monoisotopic (exact) mass is 473 g/mol. The number of nitrogens with one attached hydrogen (secondary N) is 2. The molecule has 0 aliphatic rings. The highest BCUT2D eigenvalue weighted by molar-refractivity contribution is 7.99. The standard InChI is InChI=1S/C22H24ClN5O3S/c1-4-28-19(12-20(29)24-16-8-5-14(2)6-9-16)26-27-22(28)32-13-21(30)25-17-11-15(23)7-10-18(17)31-3/h5-11H,4,12-13H2,1-3H3,(H,24,29)(H,25,30). The number of rotatable bonds is 9. The molecule has 3 aromatic rings. The Morgan fingerprint density at radius 1 is 1.09 bits per heavy atom. The summed E-state index contributed by atoms with van der Waals surface area (Å²) in [5.74, 6) is 0.754. The van der Waals surface area contributed by atoms with E-state index in [4.69, 9.17) is 16.3 Å². The van der Waals surface area contributed by atoms with E-state index < -0.39 is 0 Å². The Labute approximate surface area is 195 Å². The maximum absolute atomic E-state index is 12.4. The molecule has 0 saturated carbocycles. The second kappa shape index (κ2) is 11.0. The van der Waals surface area contributed by atoms with Crippen LogP contribution in [0.2, 0.25) is 5.02 Å². The predicted octanol–water partition coefficient (Wildman–Crippen LogP) is 4.18. The molecule has 10 heteroatoms. The topological polar surface area (TPSA) is 98.1 Å². The molecular formula is C22H24ClN5O3S. The molecule has 0 fully saturated rings. The highest BCUT2D eigenvalue weighted by atomic mass is 35.5. The van der Waals surface area contributed by atoms with Crippen LogP contribution in [0.3, 0.4) is 0 Å². The number of halogens is 1. The van der Waals surface area contributed by atoms with Crippen LogP contribution in [-0.2, 0) is 22.6 Å². The van der Waals surface area contributed by atoms with Crippen molar-refractivity contribution < 1.29 is 14.3 Å². The number of aryl methyl sites for hydroxylation is 1. The van der Waals surface area contributed by atoms with Crippen molar-refractivity contribution >= 4 is 46.6 Å². The molecule has 0 bridgehead atoms. The zero-order valence-corrected chi connectivity index (χ0v) is 19.6. The minimum Gasteiger partial charge on any atom is -0.495 e. The number of aromatic nitrogens is 3. The molecule has 3 rings (SSSR count). The van der Waals surface area contributed by atoms with Crippen LogP contribution in [0.5, 0.6) is 5.75 Å². The van der Waals surface area contributed by atoms with Gasteiger partial charge in [0.15, 0.2) is 5.16 Å². The highest BCUT2D eigenvalue weighted by Crippen LogP contribution is 2.28. The Morgan fingerprint density at radius 2 is 1.84 bits per heavy atom. The van der Waals surface area contributed by atoms with E-state index in [1.807, 2.05) is 42.7 Å². The van der Waals surface area contributed by atoms with Crippen molar-refractivity contribution in [3.05, 3.63) is 58.9 Å². The summed E-state index contributed by atoms with van der Waals surface area (Å²) >= 11 is 7.25. The fraction of sp³-hybridized carbons (Fsp3) is 0.273. The summed E-state index contributed by atoms with van der Waals surface area (Å²) in [5.41, 5.74) is 2.34. The molecule has 2 aromatic carbocycles. The number of nitrogens with zero attached hydrogens (tertiary/aromatic N) is 3. The van der Waals surface area contributed by atoms with Crippen molar-refractivity contribution in [2.75, 3.05) is 23.5 Å². The fourth-order valence-corrected chi connectivity index (χ4v) is 3.95. The van der Waals surface area contributed by atoms with Gasteiger partial charge in [0.1, 0.15) is 11.6 Å². The van der Waals surface area contributed by atoms with Crippen LogP contribution in [0.4, 0.5) is 11.4 Å². The van der Waals surface area contributed by atoms with Crippen molar-refractivity contribution in [3.63, 3.8) is 0 Å². The molecule has 2 amide bonds. The predicted molar refractivity (Wildman–Crippen MR) is 127 cm³/mol. The van der Waals surface area contributed by atoms with E-state index in [0.717, 1.165) is 11.3 Å². The maximum Gasteiger partial charge on any atom is 0.234 e. The van der Waals surface area contributed by atoms with Gasteiger partial charge in [-0.1, -0.05) is 41.1 Å². The normalized spacial score (nSPS) is 10.6. The number of carbonyl (C=O) groups excluding carboxylic acids is 2. The summed E-state index contributed by atoms with van der Waals surface area (Å²) in [6, 6.07) is 12.6. The first kappa shape index (κ1) is 23.6. The van der Waals surface area contributed by atoms with Gasteiger partial charge in [0.25, 0.3) is 0 Å². The van der Waals surface area contributed by atoms with Crippen molar-refractivity contribution in [1.82, 2.24) is 14.8 Å². The van der Waals surface area contributed by atoms with Gasteiger partial charge in [0.2, 0.25) is 11.8 Å². The number of hydrogen-bond acceptors (Lipinski definition) is 6. The minimum atomic E-state index is -0.236. The number of thioether (sulfide) groups is 1. The van der Waals surface area contributed by atoms with E-state index in [1.165, 1.54) is 18.9 Å². The second-order valence-electron chi connectivity index (χ2n) is 6.92. The van der Waals surface area contributed by atoms with Crippen LogP contribution < -0.4 is 15.4 Å². The van der Waals surface area contributed by atoms with Crippen LogP contribution in [0.1, 0.15) is 18.3 Å². The lowest BCUT2D eigenvalue weighted by Crippen LogP contribution is -2.18. The summed E-state index contributed by atoms with van der Waals surface area (Å²) in [5, 5.41) is 15.0. The molecule has 1 heterocycles. The van der Waals surface area contributed by atoms with Gasteiger partial charge in [-0.05, 0) is 44.2 Å². The average molecular weight is 474 g/mol. The van der Waals surface area contributed by atoms with E-state index in [1.54, 1.807) is 18.2 Å². The molecule has 2 N–H and O–H groups in total. The quantitative estimate of drug-likeness (QED) is 0.452. The second-order valence-corrected chi connectivity index (χ2v) is 8.29. The number of amides is 2. The molecule has 0 aliphatic heterocycles. The van der Waals surface area contributed by atoms with Crippen molar-refractivity contribution in [3.8, 4) is 5.75 Å². The van der Waals surface area contributed by atoms with Crippen LogP contribution >= 0.6 is 23.4 Å². The van der Waals surface area contributed by atoms with E-state index in [2.05, 4.69) is 20.8 Å². The van der Waals surface area contributed by atoms with E-state index >= 15 is 0 Å². The van der Waals surface area contributed by atoms with E-state index in [0.29, 0.717) is 34.0 Å². The van der Waals surface area contributed by atoms with Gasteiger partial charge in [-0.3, -0.25) is 9.59 Å². The molecule has 0 atom stereocenters. The van der Waals surface area contributed by atoms with Gasteiger partial charge in [-0.2, -0.15) is 0 Å². The van der Waals surface area contributed by atoms with Crippen LogP contribution in [0.15, 0.2) is 47.6 Å². The molecule has 0 spiro atoms. The Morgan fingerprint density at radius 3 is 2.53 bits per heavy atom. The van der Waals surface area contributed by atoms with Crippen LogP contribution in [-0.4, -0.2) is 39.4 Å². The molecule has 0 saturated heterocycles. The number of anilines is 2. The largest absolute Gasteiger partial charge is 0.495 e. The molecule has 32 heavy (non-hydrogen) atoms. The van der Waals surface area contributed by atoms with E-state index in [9.17, 15) is 9.59 Å². The maximum atomic E-state index is 12.4. The first-order chi connectivity index (χ1) is 15.4. The fourth-order valence-electron chi connectivity index (χ4n) is 2.95. The summed E-state index contributed by atoms with van der Waals surface area (Å²) in [4.78, 5) is 24.8. The summed E-state index contributed by atoms with van der Waals surface area (Å²) in [6.45, 7) is 4.50. The van der Waals surface area contributed by atoms with Crippen molar-refractivity contribution in [2.45, 2.75) is 32.0 Å². The Bertz CT molecular complexity index is 1100. The minimum absolute atomic E-state index is 0.0845. The first-order valence-corrected chi connectivity index (χ1v) is 11.3. The SMILES string of the molecule is CCn1c(CC(=O)Nc2ccc(C)cc2)nnc1SCC(=O)Nc1cc(Cl)ccc1OC. The zero-order valence-electron chi connectivity index (χ0n) is 18.0. The molecule has 8 nitrogen and oxygen atoms in total. The first-order valence-electron chi connectivity index (χ1n) is 9.94. The smallest absolute Gasteiger partial charge is 0.234 e. The van der Waals surface area contributed by atoms with Gasteiger partial charge >= 0.3 is 0 Å². The Balaban J connectivity index is 1.59. The van der Waals surface area contributed by atoms with Crippen LogP contribution in [0, 0.1) is 6.92 Å². The lowest BCUT2D eigenvalue weighted by Gasteiger charge is -2.11. The lowest BCUT2D eigenvalue weighted by atomic mass is 10.2. The molecular weight excluding hydrogens is 450 g/mol. The molecule has 1 aromatic heterocycles. The third-order valence-electron chi connectivity index (χ3n) is 4.53.